The van der Waals surface area contributed by atoms with Crippen LogP contribution in [0.3, 0.4) is 0 Å². The Bertz CT molecular complexity index is 887. The summed E-state index contributed by atoms with van der Waals surface area (Å²) in [6.45, 7) is 1.78. The first-order valence-electron chi connectivity index (χ1n) is 16.6. The minimum Gasteiger partial charge on any atom is -0.462 e. The third kappa shape index (κ3) is 30.5. The van der Waals surface area contributed by atoms with Gasteiger partial charge in [0.25, 0.3) is 0 Å². The third-order valence-corrected chi connectivity index (χ3v) is 7.85. The van der Waals surface area contributed by atoms with Gasteiger partial charge in [0.2, 0.25) is 0 Å². The number of rotatable bonds is 30. The molecule has 0 aromatic rings. The van der Waals surface area contributed by atoms with Crippen molar-refractivity contribution in [2.45, 2.75) is 122 Å². The highest BCUT2D eigenvalue weighted by Crippen LogP contribution is 2.43. The highest BCUT2D eigenvalue weighted by molar-refractivity contribution is 7.47. The van der Waals surface area contributed by atoms with Gasteiger partial charge in [0.15, 0.2) is 6.10 Å². The molecule has 3 atom stereocenters. The second-order valence-electron chi connectivity index (χ2n) is 12.4. The quantitative estimate of drug-likeness (QED) is 0.0173. The number of aldehydes is 1. The molecule has 0 aromatic heterocycles. The van der Waals surface area contributed by atoms with Crippen molar-refractivity contribution in [2.75, 3.05) is 47.5 Å². The SMILES string of the molecule is CCCCCCCC/C=C\CCCCCCCC(=O)OC[C@H](COP(=O)(O)OCC[N+](C)(C)C)OC(=O)CCC(O)/C=C/C=O. The van der Waals surface area contributed by atoms with Gasteiger partial charge in [-0.05, 0) is 44.6 Å². The summed E-state index contributed by atoms with van der Waals surface area (Å²) in [4.78, 5) is 45.0. The number of likely N-dealkylation sites (N-methyl/N-ethyl adjacent to an activating group) is 1. The Morgan fingerprint density at radius 1 is 0.822 bits per heavy atom. The Kier molecular flexibility index (Phi) is 26.1. The van der Waals surface area contributed by atoms with Gasteiger partial charge in [-0.1, -0.05) is 76.5 Å². The zero-order valence-electron chi connectivity index (χ0n) is 28.2. The Morgan fingerprint density at radius 3 is 2.02 bits per heavy atom. The predicted molar refractivity (Wildman–Crippen MR) is 175 cm³/mol. The van der Waals surface area contributed by atoms with Crippen LogP contribution in [0.2, 0.25) is 0 Å². The molecular formula is C33H61NO10P+. The summed E-state index contributed by atoms with van der Waals surface area (Å²) in [6, 6.07) is 0. The van der Waals surface area contributed by atoms with E-state index in [1.807, 2.05) is 21.1 Å². The molecule has 0 bridgehead atoms. The second-order valence-corrected chi connectivity index (χ2v) is 13.8. The van der Waals surface area contributed by atoms with E-state index in [0.29, 0.717) is 23.7 Å². The Balaban J connectivity index is 4.44. The van der Waals surface area contributed by atoms with Gasteiger partial charge in [-0.15, -0.1) is 0 Å². The maximum atomic E-state index is 12.3. The van der Waals surface area contributed by atoms with Gasteiger partial charge in [-0.3, -0.25) is 23.4 Å². The summed E-state index contributed by atoms with van der Waals surface area (Å²) in [6.07, 6.45) is 20.3. The van der Waals surface area contributed by atoms with Crippen LogP contribution in [-0.4, -0.2) is 92.4 Å². The lowest BCUT2D eigenvalue weighted by Crippen LogP contribution is -2.37. The van der Waals surface area contributed by atoms with Crippen molar-refractivity contribution >= 4 is 26.0 Å². The monoisotopic (exact) mass is 662 g/mol. The molecule has 11 nitrogen and oxygen atoms in total. The van der Waals surface area contributed by atoms with Crippen molar-refractivity contribution in [3.05, 3.63) is 24.3 Å². The maximum absolute atomic E-state index is 12.3. The third-order valence-electron chi connectivity index (χ3n) is 6.87. The fourth-order valence-electron chi connectivity index (χ4n) is 4.14. The molecule has 0 saturated carbocycles. The lowest BCUT2D eigenvalue weighted by molar-refractivity contribution is -0.870. The fraction of sp³-hybridized carbons (Fsp3) is 0.788. The second kappa shape index (κ2) is 27.3. The van der Waals surface area contributed by atoms with Crippen LogP contribution in [0.15, 0.2) is 24.3 Å². The summed E-state index contributed by atoms with van der Waals surface area (Å²) in [5, 5.41) is 9.78. The molecular weight excluding hydrogens is 601 g/mol. The van der Waals surface area contributed by atoms with Crippen LogP contribution < -0.4 is 0 Å². The first-order chi connectivity index (χ1) is 21.4. The van der Waals surface area contributed by atoms with Crippen LogP contribution in [0, 0.1) is 0 Å². The summed E-state index contributed by atoms with van der Waals surface area (Å²) >= 11 is 0. The molecule has 0 heterocycles. The van der Waals surface area contributed by atoms with Crippen molar-refractivity contribution in [1.82, 2.24) is 0 Å². The average molecular weight is 663 g/mol. The number of unbranched alkanes of at least 4 members (excludes halogenated alkanes) is 11. The number of hydrogen-bond acceptors (Lipinski definition) is 9. The number of hydrogen-bond donors (Lipinski definition) is 2. The topological polar surface area (TPSA) is 146 Å². The minimum atomic E-state index is -4.44. The van der Waals surface area contributed by atoms with E-state index in [4.69, 9.17) is 18.5 Å². The van der Waals surface area contributed by atoms with E-state index in [9.17, 15) is 28.9 Å². The molecule has 0 aliphatic rings. The number of aliphatic hydroxyl groups is 1. The van der Waals surface area contributed by atoms with Gasteiger partial charge in [0.1, 0.15) is 26.0 Å². The molecule has 0 rings (SSSR count). The molecule has 0 aliphatic heterocycles. The van der Waals surface area contributed by atoms with E-state index in [0.717, 1.165) is 44.6 Å². The lowest BCUT2D eigenvalue weighted by atomic mass is 10.1. The van der Waals surface area contributed by atoms with Gasteiger partial charge in [-0.25, -0.2) is 4.57 Å². The first kappa shape index (κ1) is 43.1. The fourth-order valence-corrected chi connectivity index (χ4v) is 4.88. The van der Waals surface area contributed by atoms with Gasteiger partial charge in [0.05, 0.1) is 33.9 Å². The number of carbonyl (C=O) groups is 3. The van der Waals surface area contributed by atoms with Gasteiger partial charge in [0, 0.05) is 12.8 Å². The van der Waals surface area contributed by atoms with Crippen molar-refractivity contribution in [1.29, 1.82) is 0 Å². The zero-order valence-corrected chi connectivity index (χ0v) is 29.1. The number of allylic oxidation sites excluding steroid dienone is 3. The van der Waals surface area contributed by atoms with Gasteiger partial charge >= 0.3 is 19.8 Å². The zero-order chi connectivity index (χ0) is 33.8. The van der Waals surface area contributed by atoms with Crippen LogP contribution >= 0.6 is 7.82 Å². The summed E-state index contributed by atoms with van der Waals surface area (Å²) in [7, 11) is 1.26. The van der Waals surface area contributed by atoms with Crippen molar-refractivity contribution in [2.24, 2.45) is 0 Å². The number of aliphatic hydroxyl groups excluding tert-OH is 1. The minimum absolute atomic E-state index is 0.00131. The van der Waals surface area contributed by atoms with Crippen LogP contribution in [0.4, 0.5) is 0 Å². The number of ether oxygens (including phenoxy) is 2. The van der Waals surface area contributed by atoms with E-state index in [2.05, 4.69) is 19.1 Å². The highest BCUT2D eigenvalue weighted by atomic mass is 31.2. The Morgan fingerprint density at radius 2 is 1.42 bits per heavy atom. The maximum Gasteiger partial charge on any atom is 0.472 e. The molecule has 2 N–H and O–H groups in total. The molecule has 0 spiro atoms. The molecule has 45 heavy (non-hydrogen) atoms. The Labute approximate surface area is 271 Å². The van der Waals surface area contributed by atoms with Crippen LogP contribution in [0.5, 0.6) is 0 Å². The van der Waals surface area contributed by atoms with E-state index < -0.39 is 38.6 Å². The van der Waals surface area contributed by atoms with Crippen LogP contribution in [-0.2, 0) is 37.5 Å². The largest absolute Gasteiger partial charge is 0.472 e. The average Bonchev–Trinajstić information content (AvgIpc) is 2.97. The molecule has 0 radical (unpaired) electrons. The van der Waals surface area contributed by atoms with Gasteiger partial charge < -0.3 is 24.0 Å². The number of nitrogens with zero attached hydrogens (tertiary/aromatic N) is 1. The van der Waals surface area contributed by atoms with Gasteiger partial charge in [-0.2, -0.15) is 0 Å². The molecule has 12 heteroatoms. The van der Waals surface area contributed by atoms with E-state index >= 15 is 0 Å². The molecule has 0 aliphatic carbocycles. The van der Waals surface area contributed by atoms with Crippen LogP contribution in [0.25, 0.3) is 0 Å². The standard InChI is InChI=1S/C33H60NO10P/c1-5-6-7-8-9-10-11-12-13-14-15-16-17-18-19-22-32(37)41-28-31(44-33(38)24-23-30(36)21-20-26-35)29-43-45(39,40)42-27-25-34(2,3)4/h12-13,20-21,26,30-31,36H,5-11,14-19,22-25,27-29H2,1-4H3/p+1/b13-12-,21-20+/t30?,31-/m1/s1. The number of carbonyl (C=O) groups excluding carboxylic acids is 3. The van der Waals surface area contributed by atoms with Crippen molar-refractivity contribution in [3.63, 3.8) is 0 Å². The summed E-state index contributed by atoms with van der Waals surface area (Å²) < 4.78 is 33.4. The van der Waals surface area contributed by atoms with E-state index in [-0.39, 0.29) is 32.5 Å². The van der Waals surface area contributed by atoms with Crippen molar-refractivity contribution < 1.29 is 52.0 Å². The molecule has 0 saturated heterocycles. The van der Waals surface area contributed by atoms with E-state index in [1.54, 1.807) is 0 Å². The molecule has 0 aromatic carbocycles. The predicted octanol–water partition coefficient (Wildman–Crippen LogP) is 6.21. The number of esters is 2. The summed E-state index contributed by atoms with van der Waals surface area (Å²) in [5.74, 6) is -1.19. The summed E-state index contributed by atoms with van der Waals surface area (Å²) in [5.41, 5.74) is 0. The normalized spacial score (nSPS) is 14.8. The molecule has 0 amide bonds. The number of phosphoric ester groups is 1. The smallest absolute Gasteiger partial charge is 0.462 e. The Hall–Kier alpha value is -1.88. The van der Waals surface area contributed by atoms with Crippen LogP contribution in [0.1, 0.15) is 110 Å². The first-order valence-corrected chi connectivity index (χ1v) is 18.1. The highest BCUT2D eigenvalue weighted by Gasteiger charge is 2.27. The molecule has 262 valence electrons. The van der Waals surface area contributed by atoms with E-state index in [1.165, 1.54) is 44.6 Å². The lowest BCUT2D eigenvalue weighted by Gasteiger charge is -2.24. The number of phosphoric acid groups is 1. The molecule has 2 unspecified atom stereocenters. The molecule has 0 fully saturated rings. The number of quaternary nitrogens is 1. The van der Waals surface area contributed by atoms with Crippen molar-refractivity contribution in [3.8, 4) is 0 Å².